The van der Waals surface area contributed by atoms with Crippen molar-refractivity contribution < 1.29 is 19.4 Å². The molecular formula is C19H22O4. The van der Waals surface area contributed by atoms with E-state index in [1.165, 1.54) is 17.7 Å². The molecule has 0 bridgehead atoms. The van der Waals surface area contributed by atoms with Crippen molar-refractivity contribution >= 4 is 5.97 Å². The SMILES string of the molecule is CC(OCCCCc1ccccc1)C(=O)Oc1ccc(O)cc1. The number of aromatic hydroxyl groups is 1. The second-order valence-corrected chi connectivity index (χ2v) is 5.37. The van der Waals surface area contributed by atoms with Gasteiger partial charge in [0, 0.05) is 6.61 Å². The molecule has 0 amide bonds. The number of carbonyl (C=O) groups excluding carboxylic acids is 1. The minimum atomic E-state index is -0.611. The zero-order valence-electron chi connectivity index (χ0n) is 13.3. The van der Waals surface area contributed by atoms with Gasteiger partial charge in [-0.05, 0) is 56.0 Å². The van der Waals surface area contributed by atoms with Gasteiger partial charge in [0.05, 0.1) is 0 Å². The number of ether oxygens (including phenoxy) is 2. The maximum Gasteiger partial charge on any atom is 0.340 e. The molecule has 1 atom stereocenters. The van der Waals surface area contributed by atoms with Crippen molar-refractivity contribution in [3.8, 4) is 11.5 Å². The molecule has 1 N–H and O–H groups in total. The zero-order valence-corrected chi connectivity index (χ0v) is 13.3. The molecule has 0 saturated heterocycles. The summed E-state index contributed by atoms with van der Waals surface area (Å²) < 4.78 is 10.7. The number of benzene rings is 2. The Bertz CT molecular complexity index is 593. The quantitative estimate of drug-likeness (QED) is 0.458. The molecule has 0 fully saturated rings. The minimum Gasteiger partial charge on any atom is -0.508 e. The van der Waals surface area contributed by atoms with Gasteiger partial charge in [-0.1, -0.05) is 30.3 Å². The van der Waals surface area contributed by atoms with Crippen molar-refractivity contribution in [1.82, 2.24) is 0 Å². The van der Waals surface area contributed by atoms with Crippen molar-refractivity contribution in [1.29, 1.82) is 0 Å². The summed E-state index contributed by atoms with van der Waals surface area (Å²) in [4.78, 5) is 11.9. The number of aryl methyl sites for hydroxylation is 1. The van der Waals surface area contributed by atoms with Gasteiger partial charge in [-0.2, -0.15) is 0 Å². The molecule has 1 unspecified atom stereocenters. The van der Waals surface area contributed by atoms with E-state index in [9.17, 15) is 9.90 Å². The Hall–Kier alpha value is -2.33. The van der Waals surface area contributed by atoms with Gasteiger partial charge in [-0.15, -0.1) is 0 Å². The predicted octanol–water partition coefficient (Wildman–Crippen LogP) is 3.73. The second kappa shape index (κ2) is 8.96. The van der Waals surface area contributed by atoms with E-state index >= 15 is 0 Å². The summed E-state index contributed by atoms with van der Waals surface area (Å²) in [6.45, 7) is 2.21. The van der Waals surface area contributed by atoms with Crippen LogP contribution in [0, 0.1) is 0 Å². The van der Waals surface area contributed by atoms with Crippen molar-refractivity contribution in [2.75, 3.05) is 6.61 Å². The minimum absolute atomic E-state index is 0.132. The molecule has 122 valence electrons. The maximum absolute atomic E-state index is 11.9. The van der Waals surface area contributed by atoms with E-state index in [4.69, 9.17) is 9.47 Å². The lowest BCUT2D eigenvalue weighted by atomic mass is 10.1. The number of phenols is 1. The van der Waals surface area contributed by atoms with Gasteiger partial charge in [0.15, 0.2) is 6.10 Å². The van der Waals surface area contributed by atoms with Crippen molar-refractivity contribution in [2.24, 2.45) is 0 Å². The Kier molecular flexibility index (Phi) is 6.63. The Balaban J connectivity index is 1.63. The smallest absolute Gasteiger partial charge is 0.340 e. The number of phenolic OH excluding ortho intramolecular Hbond substituents is 1. The van der Waals surface area contributed by atoms with E-state index in [1.54, 1.807) is 19.1 Å². The van der Waals surface area contributed by atoms with E-state index in [0.717, 1.165) is 19.3 Å². The van der Waals surface area contributed by atoms with Crippen LogP contribution in [0.3, 0.4) is 0 Å². The number of esters is 1. The summed E-state index contributed by atoms with van der Waals surface area (Å²) in [6.07, 6.45) is 2.31. The van der Waals surface area contributed by atoms with E-state index < -0.39 is 12.1 Å². The van der Waals surface area contributed by atoms with Crippen LogP contribution in [-0.2, 0) is 16.0 Å². The number of rotatable bonds is 8. The summed E-state index contributed by atoms with van der Waals surface area (Å²) in [5.74, 6) is 0.0959. The highest BCUT2D eigenvalue weighted by atomic mass is 16.6. The van der Waals surface area contributed by atoms with Crippen LogP contribution in [0.25, 0.3) is 0 Å². The first-order valence-corrected chi connectivity index (χ1v) is 7.81. The highest BCUT2D eigenvalue weighted by molar-refractivity contribution is 5.76. The van der Waals surface area contributed by atoms with Crippen LogP contribution < -0.4 is 4.74 Å². The molecule has 0 aliphatic carbocycles. The van der Waals surface area contributed by atoms with E-state index in [1.807, 2.05) is 18.2 Å². The average molecular weight is 314 g/mol. The molecule has 2 aromatic carbocycles. The van der Waals surface area contributed by atoms with Crippen LogP contribution in [0.5, 0.6) is 11.5 Å². The lowest BCUT2D eigenvalue weighted by Crippen LogP contribution is -2.26. The molecule has 2 aromatic rings. The van der Waals surface area contributed by atoms with Gasteiger partial charge < -0.3 is 14.6 Å². The molecule has 4 nitrogen and oxygen atoms in total. The number of unbranched alkanes of at least 4 members (excludes halogenated alkanes) is 1. The molecule has 2 rings (SSSR count). The molecule has 23 heavy (non-hydrogen) atoms. The first-order chi connectivity index (χ1) is 11.1. The lowest BCUT2D eigenvalue weighted by molar-refractivity contribution is -0.146. The third-order valence-electron chi connectivity index (χ3n) is 3.46. The first kappa shape index (κ1) is 17.0. The fourth-order valence-corrected chi connectivity index (χ4v) is 2.12. The van der Waals surface area contributed by atoms with Crippen molar-refractivity contribution in [2.45, 2.75) is 32.3 Å². The zero-order chi connectivity index (χ0) is 16.5. The molecule has 0 radical (unpaired) electrons. The topological polar surface area (TPSA) is 55.8 Å². The summed E-state index contributed by atoms with van der Waals surface area (Å²) in [5, 5.41) is 9.18. The normalized spacial score (nSPS) is 11.9. The molecule has 0 aromatic heterocycles. The van der Waals surface area contributed by atoms with Crippen molar-refractivity contribution in [3.05, 3.63) is 60.2 Å². The summed E-state index contributed by atoms with van der Waals surface area (Å²) in [6, 6.07) is 16.3. The van der Waals surface area contributed by atoms with Crippen LogP contribution in [0.4, 0.5) is 0 Å². The predicted molar refractivity (Wildman–Crippen MR) is 88.5 cm³/mol. The standard InChI is InChI=1S/C19H22O4/c1-15(19(21)23-18-12-10-17(20)11-13-18)22-14-6-5-9-16-7-3-2-4-8-16/h2-4,7-8,10-13,15,20H,5-6,9,14H2,1H3. The van der Waals surface area contributed by atoms with Gasteiger partial charge >= 0.3 is 5.97 Å². The molecule has 0 saturated carbocycles. The third kappa shape index (κ3) is 6.12. The molecule has 4 heteroatoms. The van der Waals surface area contributed by atoms with Gasteiger partial charge in [-0.3, -0.25) is 0 Å². The highest BCUT2D eigenvalue weighted by Gasteiger charge is 2.15. The average Bonchev–Trinajstić information content (AvgIpc) is 2.57. The fourth-order valence-electron chi connectivity index (χ4n) is 2.12. The summed E-state index contributed by atoms with van der Waals surface area (Å²) >= 11 is 0. The molecule has 0 spiro atoms. The second-order valence-electron chi connectivity index (χ2n) is 5.37. The van der Waals surface area contributed by atoms with Gasteiger partial charge in [0.2, 0.25) is 0 Å². The number of hydrogen-bond donors (Lipinski definition) is 1. The molecular weight excluding hydrogens is 292 g/mol. The largest absolute Gasteiger partial charge is 0.508 e. The van der Waals surface area contributed by atoms with Crippen molar-refractivity contribution in [3.63, 3.8) is 0 Å². The number of carbonyl (C=O) groups is 1. The van der Waals surface area contributed by atoms with Crippen LogP contribution >= 0.6 is 0 Å². The van der Waals surface area contributed by atoms with Crippen LogP contribution in [0.15, 0.2) is 54.6 Å². The summed E-state index contributed by atoms with van der Waals surface area (Å²) in [5.41, 5.74) is 1.31. The van der Waals surface area contributed by atoms with E-state index in [0.29, 0.717) is 12.4 Å². The Morgan fingerprint density at radius 1 is 1.04 bits per heavy atom. The third-order valence-corrected chi connectivity index (χ3v) is 3.46. The monoisotopic (exact) mass is 314 g/mol. The Morgan fingerprint density at radius 2 is 1.74 bits per heavy atom. The Labute approximate surface area is 136 Å². The Morgan fingerprint density at radius 3 is 2.43 bits per heavy atom. The first-order valence-electron chi connectivity index (χ1n) is 7.81. The fraction of sp³-hybridized carbons (Fsp3) is 0.316. The van der Waals surface area contributed by atoms with Crippen LogP contribution in [0.1, 0.15) is 25.3 Å². The molecule has 0 aliphatic heterocycles. The van der Waals surface area contributed by atoms with Crippen LogP contribution in [0.2, 0.25) is 0 Å². The number of hydrogen-bond acceptors (Lipinski definition) is 4. The van der Waals surface area contributed by atoms with E-state index in [2.05, 4.69) is 12.1 Å². The van der Waals surface area contributed by atoms with E-state index in [-0.39, 0.29) is 5.75 Å². The van der Waals surface area contributed by atoms with Gasteiger partial charge in [-0.25, -0.2) is 4.79 Å². The van der Waals surface area contributed by atoms with Crippen LogP contribution in [-0.4, -0.2) is 23.8 Å². The molecule has 0 aliphatic rings. The highest BCUT2D eigenvalue weighted by Crippen LogP contribution is 2.16. The molecule has 0 heterocycles. The summed E-state index contributed by atoms with van der Waals surface area (Å²) in [7, 11) is 0. The van der Waals surface area contributed by atoms with Gasteiger partial charge in [0.1, 0.15) is 11.5 Å². The van der Waals surface area contributed by atoms with Gasteiger partial charge in [0.25, 0.3) is 0 Å². The lowest BCUT2D eigenvalue weighted by Gasteiger charge is -2.12. The maximum atomic E-state index is 11.9.